The number of nitrogens with zero attached hydrogens (tertiary/aromatic N) is 2. The first-order valence-corrected chi connectivity index (χ1v) is 4.92. The molecule has 1 aromatic carbocycles. The summed E-state index contributed by atoms with van der Waals surface area (Å²) in [6.45, 7) is 2.03. The largest absolute Gasteiger partial charge is 0.363 e. The molecule has 0 aliphatic carbocycles. The number of rotatable bonds is 3. The topological polar surface area (TPSA) is 84.7 Å². The minimum absolute atomic E-state index is 0.0992. The highest BCUT2D eigenvalue weighted by atomic mass is 16.1. The van der Waals surface area contributed by atoms with Gasteiger partial charge in [0.2, 0.25) is 5.82 Å². The van der Waals surface area contributed by atoms with E-state index in [1.807, 2.05) is 31.2 Å². The van der Waals surface area contributed by atoms with Crippen molar-refractivity contribution in [3.05, 3.63) is 47.0 Å². The van der Waals surface area contributed by atoms with Crippen molar-refractivity contribution < 1.29 is 4.79 Å². The first kappa shape index (κ1) is 10.4. The number of nitrogens with one attached hydrogen (secondary N) is 1. The van der Waals surface area contributed by atoms with Crippen LogP contribution in [0.25, 0.3) is 0 Å². The predicted molar refractivity (Wildman–Crippen MR) is 58.9 cm³/mol. The summed E-state index contributed by atoms with van der Waals surface area (Å²) >= 11 is 0. The van der Waals surface area contributed by atoms with Crippen molar-refractivity contribution in [1.29, 1.82) is 0 Å². The Morgan fingerprint density at radius 3 is 2.56 bits per heavy atom. The molecule has 1 aromatic heterocycles. The van der Waals surface area contributed by atoms with Gasteiger partial charge in [-0.1, -0.05) is 29.8 Å². The summed E-state index contributed by atoms with van der Waals surface area (Å²) in [5.74, 6) is 0.141. The number of nitrogens with two attached hydrogens (primary N) is 1. The SMILES string of the molecule is Cc1ccc(Cc2nnc(C(N)=O)[nH]2)cc1. The summed E-state index contributed by atoms with van der Waals surface area (Å²) in [5.41, 5.74) is 7.38. The van der Waals surface area contributed by atoms with Crippen molar-refractivity contribution in [2.75, 3.05) is 0 Å². The maximum absolute atomic E-state index is 10.8. The molecule has 1 heterocycles. The van der Waals surface area contributed by atoms with Crippen LogP contribution in [0.1, 0.15) is 27.6 Å². The minimum atomic E-state index is -0.595. The molecule has 5 heteroatoms. The summed E-state index contributed by atoms with van der Waals surface area (Å²) in [6, 6.07) is 8.09. The highest BCUT2D eigenvalue weighted by molar-refractivity contribution is 5.88. The van der Waals surface area contributed by atoms with Gasteiger partial charge in [0.1, 0.15) is 5.82 Å². The summed E-state index contributed by atoms with van der Waals surface area (Å²) in [4.78, 5) is 13.6. The Morgan fingerprint density at radius 2 is 2.00 bits per heavy atom. The number of benzene rings is 1. The fourth-order valence-corrected chi connectivity index (χ4v) is 1.39. The number of H-pyrrole nitrogens is 1. The fourth-order valence-electron chi connectivity index (χ4n) is 1.39. The fraction of sp³-hybridized carbons (Fsp3) is 0.182. The lowest BCUT2D eigenvalue weighted by atomic mass is 10.1. The molecule has 82 valence electrons. The van der Waals surface area contributed by atoms with Crippen LogP contribution in [-0.4, -0.2) is 21.1 Å². The maximum Gasteiger partial charge on any atom is 0.286 e. The van der Waals surface area contributed by atoms with Crippen LogP contribution < -0.4 is 5.73 Å². The summed E-state index contributed by atoms with van der Waals surface area (Å²) in [5, 5.41) is 7.50. The van der Waals surface area contributed by atoms with Gasteiger partial charge in [-0.3, -0.25) is 4.79 Å². The minimum Gasteiger partial charge on any atom is -0.363 e. The smallest absolute Gasteiger partial charge is 0.286 e. The Hall–Kier alpha value is -2.17. The van der Waals surface area contributed by atoms with Gasteiger partial charge in [-0.15, -0.1) is 10.2 Å². The molecule has 2 rings (SSSR count). The number of amides is 1. The number of aromatic amines is 1. The zero-order valence-corrected chi connectivity index (χ0v) is 8.90. The van der Waals surface area contributed by atoms with E-state index in [-0.39, 0.29) is 5.82 Å². The quantitative estimate of drug-likeness (QED) is 0.795. The first-order valence-electron chi connectivity index (χ1n) is 4.92. The number of aromatic nitrogens is 3. The highest BCUT2D eigenvalue weighted by Crippen LogP contribution is 2.07. The molecule has 0 radical (unpaired) electrons. The van der Waals surface area contributed by atoms with E-state index in [0.717, 1.165) is 5.56 Å². The molecular weight excluding hydrogens is 204 g/mol. The predicted octanol–water partition coefficient (Wildman–Crippen LogP) is 0.803. The number of carbonyl (C=O) groups excluding carboxylic acids is 1. The molecule has 0 unspecified atom stereocenters. The third-order valence-corrected chi connectivity index (χ3v) is 2.26. The van der Waals surface area contributed by atoms with Gasteiger partial charge in [-0.25, -0.2) is 0 Å². The summed E-state index contributed by atoms with van der Waals surface area (Å²) in [7, 11) is 0. The first-order chi connectivity index (χ1) is 7.65. The number of hydrogen-bond acceptors (Lipinski definition) is 3. The summed E-state index contributed by atoms with van der Waals surface area (Å²) < 4.78 is 0. The molecule has 2 aromatic rings. The second-order valence-electron chi connectivity index (χ2n) is 3.65. The van der Waals surface area contributed by atoms with E-state index < -0.39 is 5.91 Å². The van der Waals surface area contributed by atoms with Gasteiger partial charge < -0.3 is 10.7 Å². The average Bonchev–Trinajstić information content (AvgIpc) is 2.70. The Labute approximate surface area is 92.7 Å². The Morgan fingerprint density at radius 1 is 1.31 bits per heavy atom. The van der Waals surface area contributed by atoms with E-state index in [1.165, 1.54) is 5.56 Å². The number of carbonyl (C=O) groups is 1. The van der Waals surface area contributed by atoms with E-state index in [9.17, 15) is 4.79 Å². The van der Waals surface area contributed by atoms with Crippen molar-refractivity contribution in [1.82, 2.24) is 15.2 Å². The molecule has 0 aliphatic rings. The number of hydrogen-bond donors (Lipinski definition) is 2. The Bertz CT molecular complexity index is 501. The molecule has 5 nitrogen and oxygen atoms in total. The molecule has 0 bridgehead atoms. The van der Waals surface area contributed by atoms with E-state index in [1.54, 1.807) is 0 Å². The lowest BCUT2D eigenvalue weighted by Gasteiger charge is -1.98. The molecule has 16 heavy (non-hydrogen) atoms. The lowest BCUT2D eigenvalue weighted by molar-refractivity contribution is 0.0991. The Balaban J connectivity index is 2.14. The van der Waals surface area contributed by atoms with E-state index >= 15 is 0 Å². The number of primary amides is 1. The second-order valence-corrected chi connectivity index (χ2v) is 3.65. The van der Waals surface area contributed by atoms with Gasteiger partial charge in [0, 0.05) is 6.42 Å². The van der Waals surface area contributed by atoms with Crippen LogP contribution in [0.5, 0.6) is 0 Å². The van der Waals surface area contributed by atoms with Crippen LogP contribution in [0.4, 0.5) is 0 Å². The van der Waals surface area contributed by atoms with Gasteiger partial charge in [-0.05, 0) is 12.5 Å². The van der Waals surface area contributed by atoms with Gasteiger partial charge >= 0.3 is 0 Å². The normalized spacial score (nSPS) is 10.3. The van der Waals surface area contributed by atoms with Gasteiger partial charge in [0.25, 0.3) is 5.91 Å². The molecule has 0 saturated carbocycles. The monoisotopic (exact) mass is 216 g/mol. The third-order valence-electron chi connectivity index (χ3n) is 2.26. The number of aryl methyl sites for hydroxylation is 1. The highest BCUT2D eigenvalue weighted by Gasteiger charge is 2.07. The molecular formula is C11H12N4O. The van der Waals surface area contributed by atoms with Gasteiger partial charge in [0.05, 0.1) is 0 Å². The molecule has 0 saturated heterocycles. The Kier molecular flexibility index (Phi) is 2.68. The van der Waals surface area contributed by atoms with E-state index in [0.29, 0.717) is 12.2 Å². The molecule has 0 atom stereocenters. The van der Waals surface area contributed by atoms with Crippen molar-refractivity contribution in [2.24, 2.45) is 5.73 Å². The van der Waals surface area contributed by atoms with Gasteiger partial charge in [0.15, 0.2) is 0 Å². The lowest BCUT2D eigenvalue weighted by Crippen LogP contribution is -2.12. The standard InChI is InChI=1S/C11H12N4O/c1-7-2-4-8(5-3-7)6-9-13-11(10(12)16)15-14-9/h2-5H,6H2,1H3,(H2,12,16)(H,13,14,15). The van der Waals surface area contributed by atoms with Crippen molar-refractivity contribution in [3.8, 4) is 0 Å². The van der Waals surface area contributed by atoms with Crippen LogP contribution in [0, 0.1) is 6.92 Å². The van der Waals surface area contributed by atoms with E-state index in [2.05, 4.69) is 15.2 Å². The van der Waals surface area contributed by atoms with Crippen molar-refractivity contribution >= 4 is 5.91 Å². The molecule has 3 N–H and O–H groups in total. The third kappa shape index (κ3) is 2.25. The van der Waals surface area contributed by atoms with Crippen LogP contribution in [0.15, 0.2) is 24.3 Å². The molecule has 0 aliphatic heterocycles. The van der Waals surface area contributed by atoms with Crippen LogP contribution >= 0.6 is 0 Å². The molecule has 0 spiro atoms. The molecule has 1 amide bonds. The summed E-state index contributed by atoms with van der Waals surface area (Å²) in [6.07, 6.45) is 0.612. The van der Waals surface area contributed by atoms with E-state index in [4.69, 9.17) is 5.73 Å². The second kappa shape index (κ2) is 4.14. The maximum atomic E-state index is 10.8. The zero-order chi connectivity index (χ0) is 11.5. The zero-order valence-electron chi connectivity index (χ0n) is 8.90. The van der Waals surface area contributed by atoms with Crippen molar-refractivity contribution in [3.63, 3.8) is 0 Å². The van der Waals surface area contributed by atoms with Crippen LogP contribution in [0.2, 0.25) is 0 Å². The average molecular weight is 216 g/mol. The van der Waals surface area contributed by atoms with Crippen molar-refractivity contribution in [2.45, 2.75) is 13.3 Å². The molecule has 0 fully saturated rings. The van der Waals surface area contributed by atoms with Gasteiger partial charge in [-0.2, -0.15) is 0 Å². The van der Waals surface area contributed by atoms with Crippen LogP contribution in [-0.2, 0) is 6.42 Å². The van der Waals surface area contributed by atoms with Crippen LogP contribution in [0.3, 0.4) is 0 Å².